The standard InChI is InChI=1S/C20H18Cl2N2O4S/c1-29(26,27)24(18-6-2-5-17(21)19(18)22)13-14-7-9-15(10-8-14)20(25)23-12-16-4-3-11-28-16/h2-11H,12-13H2,1H3,(H,23,25). The molecule has 9 heteroatoms. The monoisotopic (exact) mass is 452 g/mol. The molecule has 0 aliphatic heterocycles. The van der Waals surface area contributed by atoms with Crippen molar-refractivity contribution in [3.05, 3.63) is 87.8 Å². The lowest BCUT2D eigenvalue weighted by Crippen LogP contribution is -2.29. The Hall–Kier alpha value is -2.48. The number of hydrogen-bond donors (Lipinski definition) is 1. The summed E-state index contributed by atoms with van der Waals surface area (Å²) in [7, 11) is -3.62. The van der Waals surface area contributed by atoms with Gasteiger partial charge in [-0.3, -0.25) is 9.10 Å². The van der Waals surface area contributed by atoms with Gasteiger partial charge >= 0.3 is 0 Å². The summed E-state index contributed by atoms with van der Waals surface area (Å²) >= 11 is 12.2. The fourth-order valence-corrected chi connectivity index (χ4v) is 4.02. The SMILES string of the molecule is CS(=O)(=O)N(Cc1ccc(C(=O)NCc2ccco2)cc1)c1cccc(Cl)c1Cl. The number of halogens is 2. The highest BCUT2D eigenvalue weighted by Crippen LogP contribution is 2.34. The molecule has 152 valence electrons. The molecule has 6 nitrogen and oxygen atoms in total. The second kappa shape index (κ2) is 8.90. The highest BCUT2D eigenvalue weighted by molar-refractivity contribution is 7.92. The Morgan fingerprint density at radius 3 is 2.41 bits per heavy atom. The lowest BCUT2D eigenvalue weighted by atomic mass is 10.1. The van der Waals surface area contributed by atoms with Crippen LogP contribution in [0.1, 0.15) is 21.7 Å². The first kappa shape index (κ1) is 21.2. The van der Waals surface area contributed by atoms with Crippen molar-refractivity contribution in [2.75, 3.05) is 10.6 Å². The summed E-state index contributed by atoms with van der Waals surface area (Å²) in [6.07, 6.45) is 2.64. The minimum Gasteiger partial charge on any atom is -0.467 e. The number of nitrogens with zero attached hydrogens (tertiary/aromatic N) is 1. The van der Waals surface area contributed by atoms with Crippen molar-refractivity contribution < 1.29 is 17.6 Å². The predicted octanol–water partition coefficient (Wildman–Crippen LogP) is 4.48. The van der Waals surface area contributed by atoms with Gasteiger partial charge in [-0.1, -0.05) is 41.4 Å². The molecule has 0 radical (unpaired) electrons. The van der Waals surface area contributed by atoms with Gasteiger partial charge in [0.2, 0.25) is 10.0 Å². The molecule has 1 heterocycles. The van der Waals surface area contributed by atoms with Crippen LogP contribution in [-0.4, -0.2) is 20.6 Å². The molecular weight excluding hydrogens is 435 g/mol. The lowest BCUT2D eigenvalue weighted by Gasteiger charge is -2.24. The number of sulfonamides is 1. The molecule has 2 aromatic carbocycles. The summed E-state index contributed by atoms with van der Waals surface area (Å²) in [6, 6.07) is 15.0. The minimum absolute atomic E-state index is 0.0488. The largest absolute Gasteiger partial charge is 0.467 e. The predicted molar refractivity (Wildman–Crippen MR) is 114 cm³/mol. The highest BCUT2D eigenvalue weighted by atomic mass is 35.5. The third kappa shape index (κ3) is 5.32. The van der Waals surface area contributed by atoms with E-state index < -0.39 is 10.0 Å². The Kier molecular flexibility index (Phi) is 6.52. The molecule has 0 saturated heterocycles. The van der Waals surface area contributed by atoms with Crippen LogP contribution in [0.15, 0.2) is 65.3 Å². The molecule has 3 aromatic rings. The molecule has 1 aromatic heterocycles. The molecular formula is C20H18Cl2N2O4S. The summed E-state index contributed by atoms with van der Waals surface area (Å²) in [5.41, 5.74) is 1.43. The molecule has 1 amide bonds. The summed E-state index contributed by atoms with van der Waals surface area (Å²) in [6.45, 7) is 0.329. The number of anilines is 1. The van der Waals surface area contributed by atoms with E-state index in [4.69, 9.17) is 27.6 Å². The molecule has 29 heavy (non-hydrogen) atoms. The van der Waals surface area contributed by atoms with Gasteiger partial charge in [-0.05, 0) is 42.0 Å². The number of furan rings is 1. The van der Waals surface area contributed by atoms with E-state index in [9.17, 15) is 13.2 Å². The number of benzene rings is 2. The zero-order valence-electron chi connectivity index (χ0n) is 15.4. The first-order chi connectivity index (χ1) is 13.8. The van der Waals surface area contributed by atoms with Crippen molar-refractivity contribution in [2.24, 2.45) is 0 Å². The van der Waals surface area contributed by atoms with Crippen LogP contribution in [0.5, 0.6) is 0 Å². The fraction of sp³-hybridized carbons (Fsp3) is 0.150. The van der Waals surface area contributed by atoms with Crippen molar-refractivity contribution >= 4 is 44.8 Å². The van der Waals surface area contributed by atoms with E-state index in [1.54, 1.807) is 54.6 Å². The third-order valence-electron chi connectivity index (χ3n) is 4.15. The number of nitrogens with one attached hydrogen (secondary N) is 1. The second-order valence-electron chi connectivity index (χ2n) is 6.30. The zero-order chi connectivity index (χ0) is 21.0. The van der Waals surface area contributed by atoms with Gasteiger partial charge in [0.25, 0.3) is 5.91 Å². The Bertz CT molecular complexity index is 1100. The van der Waals surface area contributed by atoms with Gasteiger partial charge < -0.3 is 9.73 Å². The molecule has 0 aliphatic rings. The summed E-state index contributed by atoms with van der Waals surface area (Å²) in [4.78, 5) is 12.2. The molecule has 0 bridgehead atoms. The van der Waals surface area contributed by atoms with Crippen molar-refractivity contribution in [1.82, 2.24) is 5.32 Å². The van der Waals surface area contributed by atoms with Crippen LogP contribution in [0.3, 0.4) is 0 Å². The van der Waals surface area contributed by atoms with Gasteiger partial charge in [0.05, 0.1) is 41.3 Å². The molecule has 1 N–H and O–H groups in total. The van der Waals surface area contributed by atoms with E-state index >= 15 is 0 Å². The molecule has 0 atom stereocenters. The first-order valence-corrected chi connectivity index (χ1v) is 11.2. The molecule has 0 saturated carbocycles. The topological polar surface area (TPSA) is 79.6 Å². The third-order valence-corrected chi connectivity index (χ3v) is 6.08. The molecule has 0 spiro atoms. The molecule has 3 rings (SSSR count). The van der Waals surface area contributed by atoms with Gasteiger partial charge in [0, 0.05) is 5.56 Å². The first-order valence-electron chi connectivity index (χ1n) is 8.57. The van der Waals surface area contributed by atoms with Gasteiger partial charge in [-0.2, -0.15) is 0 Å². The average molecular weight is 453 g/mol. The van der Waals surface area contributed by atoms with Crippen molar-refractivity contribution in [3.8, 4) is 0 Å². The fourth-order valence-electron chi connectivity index (χ4n) is 2.68. The van der Waals surface area contributed by atoms with E-state index in [1.165, 1.54) is 10.6 Å². The number of hydrogen-bond acceptors (Lipinski definition) is 4. The Balaban J connectivity index is 1.75. The van der Waals surface area contributed by atoms with E-state index in [2.05, 4.69) is 5.32 Å². The van der Waals surface area contributed by atoms with Crippen LogP contribution < -0.4 is 9.62 Å². The Morgan fingerprint density at radius 2 is 1.79 bits per heavy atom. The number of amides is 1. The number of carbonyl (C=O) groups excluding carboxylic acids is 1. The Morgan fingerprint density at radius 1 is 1.07 bits per heavy atom. The van der Waals surface area contributed by atoms with Crippen LogP contribution in [0.2, 0.25) is 10.0 Å². The van der Waals surface area contributed by atoms with Gasteiger partial charge in [0.1, 0.15) is 5.76 Å². The summed E-state index contributed by atoms with van der Waals surface area (Å²) in [5, 5.41) is 3.18. The average Bonchev–Trinajstić information content (AvgIpc) is 3.20. The summed E-state index contributed by atoms with van der Waals surface area (Å²) in [5.74, 6) is 0.392. The van der Waals surface area contributed by atoms with Crippen LogP contribution in [0.4, 0.5) is 5.69 Å². The smallest absolute Gasteiger partial charge is 0.251 e. The zero-order valence-corrected chi connectivity index (χ0v) is 17.8. The van der Waals surface area contributed by atoms with E-state index in [0.29, 0.717) is 22.6 Å². The van der Waals surface area contributed by atoms with Crippen LogP contribution in [0.25, 0.3) is 0 Å². The Labute approximate surface area is 179 Å². The van der Waals surface area contributed by atoms with E-state index in [-0.39, 0.29) is 29.0 Å². The summed E-state index contributed by atoms with van der Waals surface area (Å²) < 4.78 is 31.0. The van der Waals surface area contributed by atoms with E-state index in [0.717, 1.165) is 6.26 Å². The maximum atomic E-state index is 12.3. The van der Waals surface area contributed by atoms with Crippen molar-refractivity contribution in [1.29, 1.82) is 0 Å². The second-order valence-corrected chi connectivity index (χ2v) is 8.99. The number of rotatable bonds is 7. The molecule has 0 aliphatic carbocycles. The van der Waals surface area contributed by atoms with Crippen molar-refractivity contribution in [2.45, 2.75) is 13.1 Å². The van der Waals surface area contributed by atoms with E-state index in [1.807, 2.05) is 0 Å². The molecule has 0 unspecified atom stereocenters. The van der Waals surface area contributed by atoms with Gasteiger partial charge in [-0.15, -0.1) is 0 Å². The molecule has 0 fully saturated rings. The van der Waals surface area contributed by atoms with Crippen molar-refractivity contribution in [3.63, 3.8) is 0 Å². The lowest BCUT2D eigenvalue weighted by molar-refractivity contribution is 0.0948. The van der Waals surface area contributed by atoms with Crippen LogP contribution in [0, 0.1) is 0 Å². The van der Waals surface area contributed by atoms with Crippen LogP contribution >= 0.6 is 23.2 Å². The normalized spacial score (nSPS) is 11.3. The highest BCUT2D eigenvalue weighted by Gasteiger charge is 2.21. The number of carbonyl (C=O) groups is 1. The van der Waals surface area contributed by atoms with Gasteiger partial charge in [0.15, 0.2) is 0 Å². The quantitative estimate of drug-likeness (QED) is 0.572. The van der Waals surface area contributed by atoms with Crippen LogP contribution in [-0.2, 0) is 23.1 Å². The maximum Gasteiger partial charge on any atom is 0.251 e. The maximum absolute atomic E-state index is 12.3. The minimum atomic E-state index is -3.62. The van der Waals surface area contributed by atoms with Gasteiger partial charge in [-0.25, -0.2) is 8.42 Å².